The summed E-state index contributed by atoms with van der Waals surface area (Å²) in [6.07, 6.45) is -4.54. The van der Waals surface area contributed by atoms with Crippen molar-refractivity contribution in [2.45, 2.75) is 26.9 Å². The van der Waals surface area contributed by atoms with Crippen LogP contribution < -0.4 is 0 Å². The number of halogens is 3. The smallest absolute Gasteiger partial charge is 0.192 e. The predicted molar refractivity (Wildman–Crippen MR) is 182 cm³/mol. The number of hydrogen-bond donors (Lipinski definition) is 0. The van der Waals surface area contributed by atoms with Crippen LogP contribution in [0.1, 0.15) is 44.5 Å². The van der Waals surface area contributed by atoms with Crippen LogP contribution >= 0.6 is 0 Å². The summed E-state index contributed by atoms with van der Waals surface area (Å²) in [6.45, 7) is 5.65. The van der Waals surface area contributed by atoms with E-state index in [4.69, 9.17) is 0 Å². The van der Waals surface area contributed by atoms with Crippen LogP contribution in [0.2, 0.25) is 0 Å². The average Bonchev–Trinajstić information content (AvgIpc) is 3.57. The molecule has 4 nitrogen and oxygen atoms in total. The van der Waals surface area contributed by atoms with Crippen LogP contribution in [0.4, 0.5) is 13.2 Å². The first kappa shape index (κ1) is 31.0. The molecule has 0 N–H and O–H groups in total. The first-order chi connectivity index (χ1) is 23.5. The normalized spacial score (nSPS) is 12.1. The molecule has 0 spiro atoms. The molecule has 232 valence electrons. The standard InChI is InChI=1S/C42H23F3N4/c1-22-10-23(2)12-27(11-22)25-4-6-32-33-8-9-35-38(29(18-46)19-47)37-17-26(28-13-24(3)14-31(15-28)42(43,44)45)5-7-34(37)40(35)41(33)39(36(32)16-25)30(20-48)21-49/h4-17H,1-3H3. The SMILES string of the molecule is Cc1cc(C)cc(-c2ccc3c(c2)C(=C(C#N)C#N)c2c-3ccc3c2-c2ccc(-c4cc(C)cc(C(F)(F)F)c4)cc2C3=C(C#N)C#N)c1. The van der Waals surface area contributed by atoms with Gasteiger partial charge >= 0.3 is 6.18 Å². The van der Waals surface area contributed by atoms with E-state index in [2.05, 4.69) is 30.3 Å². The van der Waals surface area contributed by atoms with E-state index >= 15 is 0 Å². The molecule has 0 atom stereocenters. The van der Waals surface area contributed by atoms with Crippen LogP contribution in [0, 0.1) is 66.1 Å². The van der Waals surface area contributed by atoms with Gasteiger partial charge in [0.05, 0.1) is 5.56 Å². The zero-order valence-corrected chi connectivity index (χ0v) is 26.5. The van der Waals surface area contributed by atoms with Crippen molar-refractivity contribution in [3.63, 3.8) is 0 Å². The third-order valence-corrected chi connectivity index (χ3v) is 9.10. The van der Waals surface area contributed by atoms with Crippen molar-refractivity contribution >= 4 is 11.1 Å². The van der Waals surface area contributed by atoms with Crippen LogP contribution in [0.25, 0.3) is 55.7 Å². The molecule has 5 aromatic carbocycles. The summed E-state index contributed by atoms with van der Waals surface area (Å²) in [4.78, 5) is 0. The van der Waals surface area contributed by atoms with Gasteiger partial charge in [0.2, 0.25) is 0 Å². The van der Waals surface area contributed by atoms with Crippen molar-refractivity contribution < 1.29 is 13.2 Å². The maximum absolute atomic E-state index is 13.7. The molecule has 0 fully saturated rings. The molecule has 0 amide bonds. The lowest BCUT2D eigenvalue weighted by Gasteiger charge is -2.13. The molecule has 0 saturated carbocycles. The molecule has 5 aromatic rings. The number of nitriles is 4. The number of hydrogen-bond acceptors (Lipinski definition) is 4. The number of rotatable bonds is 2. The van der Waals surface area contributed by atoms with Gasteiger partial charge in [0.1, 0.15) is 35.4 Å². The lowest BCUT2D eigenvalue weighted by Crippen LogP contribution is -2.05. The highest BCUT2D eigenvalue weighted by Crippen LogP contribution is 2.57. The van der Waals surface area contributed by atoms with Crippen molar-refractivity contribution in [2.75, 3.05) is 0 Å². The molecule has 0 aliphatic heterocycles. The lowest BCUT2D eigenvalue weighted by molar-refractivity contribution is -0.137. The summed E-state index contributed by atoms with van der Waals surface area (Å²) in [6, 6.07) is 33.1. The number of nitrogens with zero attached hydrogens (tertiary/aromatic N) is 4. The highest BCUT2D eigenvalue weighted by molar-refractivity contribution is 6.15. The Bertz CT molecular complexity index is 2500. The fourth-order valence-electron chi connectivity index (χ4n) is 7.23. The van der Waals surface area contributed by atoms with E-state index in [9.17, 15) is 34.2 Å². The van der Waals surface area contributed by atoms with Gasteiger partial charge in [0.25, 0.3) is 0 Å². The first-order valence-corrected chi connectivity index (χ1v) is 15.3. The second-order valence-corrected chi connectivity index (χ2v) is 12.3. The van der Waals surface area contributed by atoms with Gasteiger partial charge in [-0.1, -0.05) is 71.8 Å². The lowest BCUT2D eigenvalue weighted by atomic mass is 9.89. The number of benzene rings is 5. The number of alkyl halides is 3. The molecule has 2 aliphatic carbocycles. The van der Waals surface area contributed by atoms with Crippen LogP contribution in [-0.2, 0) is 6.18 Å². The van der Waals surface area contributed by atoms with E-state index in [0.717, 1.165) is 45.5 Å². The Kier molecular flexibility index (Phi) is 7.10. The highest BCUT2D eigenvalue weighted by atomic mass is 19.4. The van der Waals surface area contributed by atoms with Crippen molar-refractivity contribution in [1.29, 1.82) is 21.0 Å². The van der Waals surface area contributed by atoms with E-state index in [1.54, 1.807) is 31.2 Å². The Balaban J connectivity index is 1.51. The maximum Gasteiger partial charge on any atom is 0.416 e. The van der Waals surface area contributed by atoms with Gasteiger partial charge in [-0.25, -0.2) is 0 Å². The van der Waals surface area contributed by atoms with E-state index in [0.29, 0.717) is 61.2 Å². The summed E-state index contributed by atoms with van der Waals surface area (Å²) in [5.41, 5.74) is 10.5. The molecule has 2 aliphatic rings. The topological polar surface area (TPSA) is 95.2 Å². The molecule has 7 heteroatoms. The van der Waals surface area contributed by atoms with E-state index < -0.39 is 11.7 Å². The second kappa shape index (κ2) is 11.2. The molecule has 0 bridgehead atoms. The zero-order valence-electron chi connectivity index (χ0n) is 26.5. The van der Waals surface area contributed by atoms with Crippen LogP contribution in [0.5, 0.6) is 0 Å². The minimum Gasteiger partial charge on any atom is -0.192 e. The van der Waals surface area contributed by atoms with Gasteiger partial charge in [-0.3, -0.25) is 0 Å². The second-order valence-electron chi connectivity index (χ2n) is 12.3. The van der Waals surface area contributed by atoms with Gasteiger partial charge in [-0.2, -0.15) is 34.2 Å². The van der Waals surface area contributed by atoms with Crippen molar-refractivity contribution in [2.24, 2.45) is 0 Å². The van der Waals surface area contributed by atoms with Crippen molar-refractivity contribution in [3.8, 4) is 68.8 Å². The Labute approximate surface area is 281 Å². The largest absolute Gasteiger partial charge is 0.416 e. The average molecular weight is 641 g/mol. The minimum absolute atomic E-state index is 0.0817. The predicted octanol–water partition coefficient (Wildman–Crippen LogP) is 10.6. The van der Waals surface area contributed by atoms with Crippen molar-refractivity contribution in [1.82, 2.24) is 0 Å². The Morgan fingerprint density at radius 2 is 0.918 bits per heavy atom. The van der Waals surface area contributed by atoms with E-state index in [1.165, 1.54) is 0 Å². The summed E-state index contributed by atoms with van der Waals surface area (Å²) >= 11 is 0. The molecular weight excluding hydrogens is 617 g/mol. The summed E-state index contributed by atoms with van der Waals surface area (Å²) < 4.78 is 41.2. The Morgan fingerprint density at radius 1 is 0.449 bits per heavy atom. The fraction of sp³-hybridized carbons (Fsp3) is 0.0952. The van der Waals surface area contributed by atoms with Gasteiger partial charge in [-0.05, 0) is 112 Å². The van der Waals surface area contributed by atoms with Gasteiger partial charge in [-0.15, -0.1) is 0 Å². The molecule has 0 heterocycles. The molecule has 0 unspecified atom stereocenters. The molecule has 49 heavy (non-hydrogen) atoms. The van der Waals surface area contributed by atoms with Gasteiger partial charge < -0.3 is 0 Å². The quantitative estimate of drug-likeness (QED) is 0.176. The summed E-state index contributed by atoms with van der Waals surface area (Å²) in [7, 11) is 0. The molecular formula is C42H23F3N4. The zero-order chi connectivity index (χ0) is 34.8. The Morgan fingerprint density at radius 3 is 1.49 bits per heavy atom. The summed E-state index contributed by atoms with van der Waals surface area (Å²) in [5, 5.41) is 40.6. The highest BCUT2D eigenvalue weighted by Gasteiger charge is 2.37. The van der Waals surface area contributed by atoms with Crippen LogP contribution in [0.3, 0.4) is 0 Å². The van der Waals surface area contributed by atoms with Gasteiger partial charge in [0, 0.05) is 16.7 Å². The molecule has 7 rings (SSSR count). The maximum atomic E-state index is 13.7. The summed E-state index contributed by atoms with van der Waals surface area (Å²) in [5.74, 6) is 0. The minimum atomic E-state index is -4.54. The van der Waals surface area contributed by atoms with E-state index in [1.807, 2.05) is 56.3 Å². The third-order valence-electron chi connectivity index (χ3n) is 9.10. The van der Waals surface area contributed by atoms with Crippen LogP contribution in [0.15, 0.2) is 96.1 Å². The number of aryl methyl sites for hydroxylation is 3. The molecule has 0 aromatic heterocycles. The fourth-order valence-corrected chi connectivity index (χ4v) is 7.23. The third kappa shape index (κ3) is 4.89. The molecule has 0 saturated heterocycles. The monoisotopic (exact) mass is 640 g/mol. The van der Waals surface area contributed by atoms with Crippen molar-refractivity contribution in [3.05, 3.63) is 141 Å². The first-order valence-electron chi connectivity index (χ1n) is 15.3. The van der Waals surface area contributed by atoms with Gasteiger partial charge in [0.15, 0.2) is 0 Å². The van der Waals surface area contributed by atoms with E-state index in [-0.39, 0.29) is 11.1 Å². The number of fused-ring (bicyclic) bond motifs is 7. The number of allylic oxidation sites excluding steroid dienone is 2. The van der Waals surface area contributed by atoms with Crippen LogP contribution in [-0.4, -0.2) is 0 Å². The Hall–Kier alpha value is -6.67. The molecule has 0 radical (unpaired) electrons.